The van der Waals surface area contributed by atoms with Gasteiger partial charge in [0.1, 0.15) is 0 Å². The first kappa shape index (κ1) is 10.6. The predicted octanol–water partition coefficient (Wildman–Crippen LogP) is 1.63. The lowest BCUT2D eigenvalue weighted by Gasteiger charge is -2.32. The molecule has 1 aromatic rings. The zero-order valence-corrected chi connectivity index (χ0v) is 8.84. The highest BCUT2D eigenvalue weighted by Crippen LogP contribution is 2.32. The number of aromatic nitrogens is 1. The summed E-state index contributed by atoms with van der Waals surface area (Å²) in [4.78, 5) is 3.97. The van der Waals surface area contributed by atoms with Gasteiger partial charge in [-0.25, -0.2) is 0 Å². The van der Waals surface area contributed by atoms with E-state index in [1.54, 1.807) is 12.4 Å². The van der Waals surface area contributed by atoms with Crippen LogP contribution in [0.15, 0.2) is 24.5 Å². The van der Waals surface area contributed by atoms with Gasteiger partial charge in [0.2, 0.25) is 0 Å². The van der Waals surface area contributed by atoms with Crippen molar-refractivity contribution in [1.29, 1.82) is 0 Å². The second-order valence-electron chi connectivity index (χ2n) is 4.32. The van der Waals surface area contributed by atoms with Crippen LogP contribution in [0.4, 0.5) is 0 Å². The number of hydrogen-bond acceptors (Lipinski definition) is 3. The first-order chi connectivity index (χ1) is 7.29. The Kier molecular flexibility index (Phi) is 3.34. The summed E-state index contributed by atoms with van der Waals surface area (Å²) >= 11 is 0. The minimum Gasteiger partial charge on any atom is -0.393 e. The van der Waals surface area contributed by atoms with Crippen molar-refractivity contribution in [2.24, 2.45) is 11.7 Å². The third-order valence-electron chi connectivity index (χ3n) is 3.33. The SMILES string of the molecule is NC(c1ccncc1)C1CCCCC1O. The summed E-state index contributed by atoms with van der Waals surface area (Å²) in [6, 6.07) is 3.82. The molecule has 3 unspecified atom stereocenters. The van der Waals surface area contributed by atoms with Crippen LogP contribution >= 0.6 is 0 Å². The van der Waals surface area contributed by atoms with Crippen molar-refractivity contribution < 1.29 is 5.11 Å². The predicted molar refractivity (Wildman–Crippen MR) is 59.1 cm³/mol. The maximum Gasteiger partial charge on any atom is 0.0586 e. The second kappa shape index (κ2) is 4.73. The lowest BCUT2D eigenvalue weighted by atomic mass is 9.79. The van der Waals surface area contributed by atoms with Crippen molar-refractivity contribution in [3.05, 3.63) is 30.1 Å². The molecular weight excluding hydrogens is 188 g/mol. The van der Waals surface area contributed by atoms with E-state index in [0.717, 1.165) is 24.8 Å². The number of aliphatic hydroxyl groups is 1. The van der Waals surface area contributed by atoms with Crippen LogP contribution in [0.3, 0.4) is 0 Å². The fourth-order valence-corrected chi connectivity index (χ4v) is 2.39. The summed E-state index contributed by atoms with van der Waals surface area (Å²) in [5, 5.41) is 9.91. The normalized spacial score (nSPS) is 28.7. The third-order valence-corrected chi connectivity index (χ3v) is 3.33. The van der Waals surface area contributed by atoms with Crippen LogP contribution in [0.25, 0.3) is 0 Å². The number of nitrogens with zero attached hydrogens (tertiary/aromatic N) is 1. The molecule has 0 saturated heterocycles. The van der Waals surface area contributed by atoms with E-state index in [1.807, 2.05) is 12.1 Å². The highest BCUT2D eigenvalue weighted by molar-refractivity contribution is 5.16. The molecule has 1 aliphatic rings. The first-order valence-corrected chi connectivity index (χ1v) is 5.62. The van der Waals surface area contributed by atoms with Crippen molar-refractivity contribution in [1.82, 2.24) is 4.98 Å². The van der Waals surface area contributed by atoms with Crippen molar-refractivity contribution in [2.45, 2.75) is 37.8 Å². The minimum absolute atomic E-state index is 0.0525. The quantitative estimate of drug-likeness (QED) is 0.773. The highest BCUT2D eigenvalue weighted by Gasteiger charge is 2.29. The Labute approximate surface area is 90.3 Å². The fraction of sp³-hybridized carbons (Fsp3) is 0.583. The van der Waals surface area contributed by atoms with Crippen LogP contribution in [0.1, 0.15) is 37.3 Å². The molecule has 3 atom stereocenters. The van der Waals surface area contributed by atoms with Crippen LogP contribution in [0.5, 0.6) is 0 Å². The van der Waals surface area contributed by atoms with Crippen LogP contribution in [-0.2, 0) is 0 Å². The van der Waals surface area contributed by atoms with E-state index in [2.05, 4.69) is 4.98 Å². The molecular formula is C12H18N2O. The van der Waals surface area contributed by atoms with Gasteiger partial charge in [-0.05, 0) is 30.5 Å². The Morgan fingerprint density at radius 1 is 1.27 bits per heavy atom. The van der Waals surface area contributed by atoms with E-state index in [1.165, 1.54) is 6.42 Å². The Morgan fingerprint density at radius 2 is 1.93 bits per heavy atom. The van der Waals surface area contributed by atoms with Gasteiger partial charge in [0.25, 0.3) is 0 Å². The van der Waals surface area contributed by atoms with Crippen LogP contribution in [-0.4, -0.2) is 16.2 Å². The van der Waals surface area contributed by atoms with Gasteiger partial charge in [-0.15, -0.1) is 0 Å². The molecule has 1 aliphatic carbocycles. The molecule has 0 bridgehead atoms. The standard InChI is InChI=1S/C12H18N2O/c13-12(9-5-7-14-8-6-9)10-3-1-2-4-11(10)15/h5-8,10-12,15H,1-4,13H2. The summed E-state index contributed by atoms with van der Waals surface area (Å²) in [6.45, 7) is 0. The van der Waals surface area contributed by atoms with Gasteiger partial charge >= 0.3 is 0 Å². The summed E-state index contributed by atoms with van der Waals surface area (Å²) in [7, 11) is 0. The Morgan fingerprint density at radius 3 is 2.60 bits per heavy atom. The summed E-state index contributed by atoms with van der Waals surface area (Å²) < 4.78 is 0. The van der Waals surface area contributed by atoms with Gasteiger partial charge in [-0.3, -0.25) is 4.98 Å². The molecule has 0 spiro atoms. The van der Waals surface area contributed by atoms with E-state index >= 15 is 0 Å². The molecule has 3 nitrogen and oxygen atoms in total. The van der Waals surface area contributed by atoms with E-state index in [9.17, 15) is 5.11 Å². The fourth-order valence-electron chi connectivity index (χ4n) is 2.39. The molecule has 0 aromatic carbocycles. The second-order valence-corrected chi connectivity index (χ2v) is 4.32. The third kappa shape index (κ3) is 2.36. The monoisotopic (exact) mass is 206 g/mol. The topological polar surface area (TPSA) is 59.1 Å². The van der Waals surface area contributed by atoms with Crippen LogP contribution < -0.4 is 5.73 Å². The summed E-state index contributed by atoms with van der Waals surface area (Å²) in [6.07, 6.45) is 7.51. The molecule has 1 aromatic heterocycles. The number of pyridine rings is 1. The molecule has 82 valence electrons. The molecule has 1 fully saturated rings. The first-order valence-electron chi connectivity index (χ1n) is 5.62. The van der Waals surface area contributed by atoms with Crippen molar-refractivity contribution >= 4 is 0 Å². The van der Waals surface area contributed by atoms with Gasteiger partial charge in [0.05, 0.1) is 6.10 Å². The summed E-state index contributed by atoms with van der Waals surface area (Å²) in [5.41, 5.74) is 7.25. The number of rotatable bonds is 2. The van der Waals surface area contributed by atoms with E-state index in [4.69, 9.17) is 5.73 Å². The number of hydrogen-bond donors (Lipinski definition) is 2. The molecule has 1 saturated carbocycles. The number of aliphatic hydroxyl groups excluding tert-OH is 1. The molecule has 15 heavy (non-hydrogen) atoms. The van der Waals surface area contributed by atoms with Crippen molar-refractivity contribution in [3.63, 3.8) is 0 Å². The smallest absolute Gasteiger partial charge is 0.0586 e. The van der Waals surface area contributed by atoms with Gasteiger partial charge in [-0.1, -0.05) is 12.8 Å². The van der Waals surface area contributed by atoms with E-state index in [0.29, 0.717) is 0 Å². The molecule has 1 heterocycles. The maximum atomic E-state index is 9.91. The van der Waals surface area contributed by atoms with Gasteiger partial charge in [0.15, 0.2) is 0 Å². The van der Waals surface area contributed by atoms with Crippen LogP contribution in [0, 0.1) is 5.92 Å². The molecule has 2 rings (SSSR count). The van der Waals surface area contributed by atoms with Gasteiger partial charge < -0.3 is 10.8 Å². The lowest BCUT2D eigenvalue weighted by molar-refractivity contribution is 0.0557. The van der Waals surface area contributed by atoms with Crippen molar-refractivity contribution in [2.75, 3.05) is 0 Å². The average molecular weight is 206 g/mol. The molecule has 3 heteroatoms. The average Bonchev–Trinajstić information content (AvgIpc) is 2.30. The van der Waals surface area contributed by atoms with E-state index < -0.39 is 0 Å². The zero-order valence-electron chi connectivity index (χ0n) is 8.84. The molecule has 0 amide bonds. The Bertz CT molecular complexity index is 302. The molecule has 0 aliphatic heterocycles. The van der Waals surface area contributed by atoms with Gasteiger partial charge in [0, 0.05) is 24.4 Å². The molecule has 3 N–H and O–H groups in total. The largest absolute Gasteiger partial charge is 0.393 e. The van der Waals surface area contributed by atoms with Crippen LogP contribution in [0.2, 0.25) is 0 Å². The summed E-state index contributed by atoms with van der Waals surface area (Å²) in [5.74, 6) is 0.209. The van der Waals surface area contributed by atoms with E-state index in [-0.39, 0.29) is 18.1 Å². The Hall–Kier alpha value is -0.930. The maximum absolute atomic E-state index is 9.91. The lowest BCUT2D eigenvalue weighted by Crippen LogP contribution is -2.34. The minimum atomic E-state index is -0.234. The highest BCUT2D eigenvalue weighted by atomic mass is 16.3. The Balaban J connectivity index is 2.09. The molecule has 0 radical (unpaired) electrons. The van der Waals surface area contributed by atoms with Crippen molar-refractivity contribution in [3.8, 4) is 0 Å². The van der Waals surface area contributed by atoms with Gasteiger partial charge in [-0.2, -0.15) is 0 Å². The number of nitrogens with two attached hydrogens (primary N) is 1. The zero-order chi connectivity index (χ0) is 10.7.